The first kappa shape index (κ1) is 21.7. The largest absolute Gasteiger partial charge is 0.348 e. The standard InChI is InChI=1S/C22H33FN4O2/c1-17(19-6-8-20(23)9-7-19)24-22(29)18(2)26-14-12-25(13-15-26)16-21(28)27-10-4-3-5-11-27/h6-9,17-18H,3-5,10-16H2,1-2H3,(H,24,29)/t17-,18-/m0/s1. The van der Waals surface area contributed by atoms with Crippen LogP contribution in [-0.4, -0.2) is 78.4 Å². The first-order chi connectivity index (χ1) is 13.9. The average molecular weight is 405 g/mol. The highest BCUT2D eigenvalue weighted by molar-refractivity contribution is 5.81. The van der Waals surface area contributed by atoms with Gasteiger partial charge in [0.1, 0.15) is 5.82 Å². The minimum atomic E-state index is -0.280. The molecule has 2 aliphatic rings. The van der Waals surface area contributed by atoms with Crippen LogP contribution in [0.25, 0.3) is 0 Å². The van der Waals surface area contributed by atoms with Crippen molar-refractivity contribution >= 4 is 11.8 Å². The van der Waals surface area contributed by atoms with E-state index in [1.807, 2.05) is 18.7 Å². The van der Waals surface area contributed by atoms with E-state index >= 15 is 0 Å². The molecule has 2 atom stereocenters. The molecule has 2 heterocycles. The van der Waals surface area contributed by atoms with E-state index in [4.69, 9.17) is 0 Å². The summed E-state index contributed by atoms with van der Waals surface area (Å²) in [5.41, 5.74) is 0.882. The fourth-order valence-electron chi connectivity index (χ4n) is 4.08. The fourth-order valence-corrected chi connectivity index (χ4v) is 4.08. The van der Waals surface area contributed by atoms with Gasteiger partial charge in [0.05, 0.1) is 18.6 Å². The molecule has 0 aromatic heterocycles. The van der Waals surface area contributed by atoms with Crippen LogP contribution >= 0.6 is 0 Å². The lowest BCUT2D eigenvalue weighted by Crippen LogP contribution is -2.55. The molecule has 3 rings (SSSR count). The number of hydrogen-bond acceptors (Lipinski definition) is 4. The quantitative estimate of drug-likeness (QED) is 0.788. The lowest BCUT2D eigenvalue weighted by molar-refractivity contribution is -0.134. The Bertz CT molecular complexity index is 683. The molecule has 6 nitrogen and oxygen atoms in total. The molecule has 0 spiro atoms. The van der Waals surface area contributed by atoms with Crippen molar-refractivity contribution in [2.75, 3.05) is 45.8 Å². The summed E-state index contributed by atoms with van der Waals surface area (Å²) < 4.78 is 13.1. The van der Waals surface area contributed by atoms with E-state index in [0.29, 0.717) is 6.54 Å². The SMILES string of the molecule is C[C@H](NC(=O)[C@H](C)N1CCN(CC(=O)N2CCCCC2)CC1)c1ccc(F)cc1. The third-order valence-electron chi connectivity index (χ3n) is 6.13. The zero-order valence-electron chi connectivity index (χ0n) is 17.6. The number of halogens is 1. The van der Waals surface area contributed by atoms with Crippen LogP contribution in [0.5, 0.6) is 0 Å². The van der Waals surface area contributed by atoms with Crippen molar-refractivity contribution in [3.05, 3.63) is 35.6 Å². The molecule has 0 radical (unpaired) electrons. The normalized spacial score (nSPS) is 20.9. The Morgan fingerprint density at radius 2 is 1.59 bits per heavy atom. The van der Waals surface area contributed by atoms with Crippen LogP contribution in [0.15, 0.2) is 24.3 Å². The number of amides is 2. The predicted octanol–water partition coefficient (Wildman–Crippen LogP) is 2.02. The second-order valence-corrected chi connectivity index (χ2v) is 8.21. The van der Waals surface area contributed by atoms with Crippen molar-refractivity contribution in [1.82, 2.24) is 20.0 Å². The van der Waals surface area contributed by atoms with Gasteiger partial charge >= 0.3 is 0 Å². The monoisotopic (exact) mass is 404 g/mol. The number of carbonyl (C=O) groups is 2. The van der Waals surface area contributed by atoms with E-state index in [9.17, 15) is 14.0 Å². The molecule has 0 aliphatic carbocycles. The maximum absolute atomic E-state index is 13.1. The van der Waals surface area contributed by atoms with Gasteiger partial charge < -0.3 is 10.2 Å². The smallest absolute Gasteiger partial charge is 0.237 e. The molecule has 2 aliphatic heterocycles. The highest BCUT2D eigenvalue weighted by atomic mass is 19.1. The first-order valence-electron chi connectivity index (χ1n) is 10.7. The number of nitrogens with one attached hydrogen (secondary N) is 1. The van der Waals surface area contributed by atoms with E-state index in [1.165, 1.54) is 18.6 Å². The summed E-state index contributed by atoms with van der Waals surface area (Å²) in [5.74, 6) is -0.0750. The van der Waals surface area contributed by atoms with E-state index in [2.05, 4.69) is 15.1 Å². The Kier molecular flexibility index (Phi) is 7.61. The van der Waals surface area contributed by atoms with Gasteiger partial charge in [-0.2, -0.15) is 0 Å². The van der Waals surface area contributed by atoms with Crippen molar-refractivity contribution < 1.29 is 14.0 Å². The lowest BCUT2D eigenvalue weighted by atomic mass is 10.1. The summed E-state index contributed by atoms with van der Waals surface area (Å²) in [5, 5.41) is 3.02. The summed E-state index contributed by atoms with van der Waals surface area (Å²) in [6.07, 6.45) is 3.45. The fraction of sp³-hybridized carbons (Fsp3) is 0.636. The minimum Gasteiger partial charge on any atom is -0.348 e. The van der Waals surface area contributed by atoms with E-state index in [1.54, 1.807) is 12.1 Å². The van der Waals surface area contributed by atoms with Gasteiger partial charge in [-0.3, -0.25) is 19.4 Å². The molecule has 0 bridgehead atoms. The van der Waals surface area contributed by atoms with Gasteiger partial charge in [-0.1, -0.05) is 12.1 Å². The van der Waals surface area contributed by atoms with Crippen molar-refractivity contribution in [1.29, 1.82) is 0 Å². The zero-order valence-corrected chi connectivity index (χ0v) is 17.6. The maximum atomic E-state index is 13.1. The van der Waals surface area contributed by atoms with Gasteiger partial charge in [0.15, 0.2) is 0 Å². The van der Waals surface area contributed by atoms with Crippen LogP contribution in [0, 0.1) is 5.82 Å². The van der Waals surface area contributed by atoms with Crippen molar-refractivity contribution in [2.24, 2.45) is 0 Å². The highest BCUT2D eigenvalue weighted by Gasteiger charge is 2.28. The molecule has 2 fully saturated rings. The van der Waals surface area contributed by atoms with Crippen LogP contribution in [0.4, 0.5) is 4.39 Å². The molecule has 160 valence electrons. The Labute approximate surface area is 173 Å². The lowest BCUT2D eigenvalue weighted by Gasteiger charge is -2.38. The molecule has 7 heteroatoms. The molecule has 0 saturated carbocycles. The molecular weight excluding hydrogens is 371 g/mol. The van der Waals surface area contributed by atoms with Gasteiger partial charge in [-0.15, -0.1) is 0 Å². The van der Waals surface area contributed by atoms with Gasteiger partial charge in [0.2, 0.25) is 11.8 Å². The van der Waals surface area contributed by atoms with E-state index in [0.717, 1.165) is 57.7 Å². The Morgan fingerprint density at radius 3 is 2.21 bits per heavy atom. The topological polar surface area (TPSA) is 55.9 Å². The van der Waals surface area contributed by atoms with Crippen LogP contribution in [0.2, 0.25) is 0 Å². The summed E-state index contributed by atoms with van der Waals surface area (Å²) in [6.45, 7) is 9.22. The van der Waals surface area contributed by atoms with Crippen LogP contribution < -0.4 is 5.32 Å². The average Bonchev–Trinajstić information content (AvgIpc) is 2.74. The number of carbonyl (C=O) groups excluding carboxylic acids is 2. The molecule has 2 amide bonds. The summed E-state index contributed by atoms with van der Waals surface area (Å²) in [6, 6.07) is 5.80. The third kappa shape index (κ3) is 6.00. The zero-order chi connectivity index (χ0) is 20.8. The Morgan fingerprint density at radius 1 is 0.966 bits per heavy atom. The van der Waals surface area contributed by atoms with Gasteiger partial charge in [-0.25, -0.2) is 4.39 Å². The van der Waals surface area contributed by atoms with E-state index in [-0.39, 0.29) is 29.7 Å². The second kappa shape index (κ2) is 10.2. The predicted molar refractivity (Wildman–Crippen MR) is 111 cm³/mol. The Hall–Kier alpha value is -1.99. The van der Waals surface area contributed by atoms with E-state index < -0.39 is 0 Å². The number of piperidine rings is 1. The van der Waals surface area contributed by atoms with Crippen molar-refractivity contribution in [3.63, 3.8) is 0 Å². The molecule has 2 saturated heterocycles. The number of piperazine rings is 1. The van der Waals surface area contributed by atoms with Crippen LogP contribution in [0.3, 0.4) is 0 Å². The van der Waals surface area contributed by atoms with Gasteiger partial charge in [-0.05, 0) is 50.8 Å². The maximum Gasteiger partial charge on any atom is 0.237 e. The van der Waals surface area contributed by atoms with Crippen LogP contribution in [0.1, 0.15) is 44.7 Å². The van der Waals surface area contributed by atoms with Gasteiger partial charge in [0, 0.05) is 39.3 Å². The molecule has 0 unspecified atom stereocenters. The Balaban J connectivity index is 1.42. The summed E-state index contributed by atoms with van der Waals surface area (Å²) >= 11 is 0. The van der Waals surface area contributed by atoms with Crippen LogP contribution in [-0.2, 0) is 9.59 Å². The number of nitrogens with zero attached hydrogens (tertiary/aromatic N) is 3. The summed E-state index contributed by atoms with van der Waals surface area (Å²) in [4.78, 5) is 31.5. The third-order valence-corrected chi connectivity index (χ3v) is 6.13. The molecular formula is C22H33FN4O2. The first-order valence-corrected chi connectivity index (χ1v) is 10.7. The minimum absolute atomic E-state index is 0.0281. The number of likely N-dealkylation sites (tertiary alicyclic amines) is 1. The van der Waals surface area contributed by atoms with Crippen molar-refractivity contribution in [3.8, 4) is 0 Å². The molecule has 29 heavy (non-hydrogen) atoms. The second-order valence-electron chi connectivity index (χ2n) is 8.21. The summed E-state index contributed by atoms with van der Waals surface area (Å²) in [7, 11) is 0. The number of rotatable bonds is 6. The highest BCUT2D eigenvalue weighted by Crippen LogP contribution is 2.15. The molecule has 1 aromatic rings. The molecule has 1 aromatic carbocycles. The van der Waals surface area contributed by atoms with Gasteiger partial charge in [0.25, 0.3) is 0 Å². The molecule has 1 N–H and O–H groups in total. The van der Waals surface area contributed by atoms with Crippen molar-refractivity contribution in [2.45, 2.75) is 45.2 Å². The number of benzene rings is 1. The number of hydrogen-bond donors (Lipinski definition) is 1.